The second kappa shape index (κ2) is 7.98. The molecule has 0 saturated heterocycles. The van der Waals surface area contributed by atoms with Crippen LogP contribution in [0.3, 0.4) is 0 Å². The molecule has 0 amide bonds. The molecule has 0 aliphatic carbocycles. The maximum Gasteiger partial charge on any atom is 0.165 e. The molecule has 136 valence electrons. The molecular formula is C20H24ClN5. The van der Waals surface area contributed by atoms with Gasteiger partial charge >= 0.3 is 0 Å². The fourth-order valence-electron chi connectivity index (χ4n) is 2.90. The fraction of sp³-hybridized carbons (Fsp3) is 0.350. The van der Waals surface area contributed by atoms with Gasteiger partial charge in [0.1, 0.15) is 0 Å². The van der Waals surface area contributed by atoms with E-state index < -0.39 is 0 Å². The topological polar surface area (TPSA) is 46.8 Å². The van der Waals surface area contributed by atoms with E-state index in [2.05, 4.69) is 71.5 Å². The van der Waals surface area contributed by atoms with Gasteiger partial charge in [-0.2, -0.15) is 0 Å². The summed E-state index contributed by atoms with van der Waals surface area (Å²) in [5.74, 6) is 0.848. The number of hydrogen-bond acceptors (Lipinski definition) is 4. The summed E-state index contributed by atoms with van der Waals surface area (Å²) in [6, 6.07) is 18.4. The summed E-state index contributed by atoms with van der Waals surface area (Å²) in [6.07, 6.45) is 0. The van der Waals surface area contributed by atoms with E-state index in [9.17, 15) is 0 Å². The van der Waals surface area contributed by atoms with Crippen molar-refractivity contribution >= 4 is 11.6 Å². The summed E-state index contributed by atoms with van der Waals surface area (Å²) < 4.78 is 1.89. The standard InChI is InChI=1S/C20H24ClN5/c1-20(2,3)26-19(22-23-24-26)15-25(13-16-9-5-4-6-10-16)14-17-11-7-8-12-18(17)21/h4-12H,13-15H2,1-3H3. The monoisotopic (exact) mass is 369 g/mol. The maximum absolute atomic E-state index is 6.38. The molecule has 0 aliphatic heterocycles. The first-order chi connectivity index (χ1) is 12.4. The SMILES string of the molecule is CC(C)(C)n1nnnc1CN(Cc1ccccc1)Cc1ccccc1Cl. The molecule has 0 radical (unpaired) electrons. The first-order valence-electron chi connectivity index (χ1n) is 8.71. The molecule has 0 spiro atoms. The molecule has 0 bridgehead atoms. The molecule has 6 heteroatoms. The number of rotatable bonds is 6. The zero-order valence-corrected chi connectivity index (χ0v) is 16.2. The summed E-state index contributed by atoms with van der Waals surface area (Å²) in [4.78, 5) is 2.31. The van der Waals surface area contributed by atoms with E-state index in [0.717, 1.165) is 29.5 Å². The van der Waals surface area contributed by atoms with Gasteiger partial charge in [0.2, 0.25) is 0 Å². The molecule has 2 aromatic carbocycles. The van der Waals surface area contributed by atoms with Crippen LogP contribution >= 0.6 is 11.6 Å². The van der Waals surface area contributed by atoms with Crippen molar-refractivity contribution in [2.75, 3.05) is 0 Å². The Labute approximate surface area is 159 Å². The minimum atomic E-state index is -0.165. The molecule has 3 aromatic rings. The number of benzene rings is 2. The van der Waals surface area contributed by atoms with Crippen LogP contribution in [-0.2, 0) is 25.2 Å². The Morgan fingerprint density at radius 3 is 2.31 bits per heavy atom. The van der Waals surface area contributed by atoms with Gasteiger partial charge in [-0.25, -0.2) is 4.68 Å². The van der Waals surface area contributed by atoms with Gasteiger partial charge < -0.3 is 0 Å². The van der Waals surface area contributed by atoms with Gasteiger partial charge in [0, 0.05) is 18.1 Å². The van der Waals surface area contributed by atoms with Crippen molar-refractivity contribution in [1.29, 1.82) is 0 Å². The Bertz CT molecular complexity index is 839. The highest BCUT2D eigenvalue weighted by atomic mass is 35.5. The highest BCUT2D eigenvalue weighted by molar-refractivity contribution is 6.31. The third-order valence-corrected chi connectivity index (χ3v) is 4.50. The number of aromatic nitrogens is 4. The zero-order chi connectivity index (χ0) is 18.6. The Morgan fingerprint density at radius 1 is 0.923 bits per heavy atom. The molecule has 3 rings (SSSR count). The molecule has 1 heterocycles. The van der Waals surface area contributed by atoms with Crippen LogP contribution in [0.25, 0.3) is 0 Å². The largest absolute Gasteiger partial charge is 0.287 e. The summed E-state index contributed by atoms with van der Waals surface area (Å²) in [5.41, 5.74) is 2.18. The summed E-state index contributed by atoms with van der Waals surface area (Å²) in [5, 5.41) is 13.1. The normalized spacial score (nSPS) is 11.9. The van der Waals surface area contributed by atoms with Gasteiger partial charge in [0.05, 0.1) is 12.1 Å². The lowest BCUT2D eigenvalue weighted by Gasteiger charge is -2.25. The van der Waals surface area contributed by atoms with Crippen molar-refractivity contribution in [2.24, 2.45) is 0 Å². The number of tetrazole rings is 1. The van der Waals surface area contributed by atoms with E-state index >= 15 is 0 Å². The summed E-state index contributed by atoms with van der Waals surface area (Å²) in [7, 11) is 0. The predicted molar refractivity (Wildman–Crippen MR) is 104 cm³/mol. The molecule has 5 nitrogen and oxygen atoms in total. The van der Waals surface area contributed by atoms with E-state index in [1.807, 2.05) is 28.9 Å². The van der Waals surface area contributed by atoms with E-state index in [4.69, 9.17) is 11.6 Å². The highest BCUT2D eigenvalue weighted by Gasteiger charge is 2.21. The molecule has 0 N–H and O–H groups in total. The van der Waals surface area contributed by atoms with Crippen molar-refractivity contribution in [3.05, 3.63) is 76.6 Å². The average Bonchev–Trinajstić information content (AvgIpc) is 3.06. The van der Waals surface area contributed by atoms with Crippen LogP contribution in [0.4, 0.5) is 0 Å². The first kappa shape index (κ1) is 18.5. The molecule has 0 aliphatic rings. The number of nitrogens with zero attached hydrogens (tertiary/aromatic N) is 5. The van der Waals surface area contributed by atoms with Crippen molar-refractivity contribution in [3.63, 3.8) is 0 Å². The fourth-order valence-corrected chi connectivity index (χ4v) is 3.10. The van der Waals surface area contributed by atoms with E-state index in [1.165, 1.54) is 5.56 Å². The second-order valence-corrected chi connectivity index (χ2v) is 7.81. The van der Waals surface area contributed by atoms with Crippen molar-refractivity contribution in [1.82, 2.24) is 25.1 Å². The van der Waals surface area contributed by atoms with Crippen LogP contribution in [0.15, 0.2) is 54.6 Å². The molecule has 0 saturated carbocycles. The van der Waals surface area contributed by atoms with E-state index in [1.54, 1.807) is 0 Å². The zero-order valence-electron chi connectivity index (χ0n) is 15.4. The lowest BCUT2D eigenvalue weighted by atomic mass is 10.1. The van der Waals surface area contributed by atoms with Crippen LogP contribution in [0, 0.1) is 0 Å². The summed E-state index contributed by atoms with van der Waals surface area (Å²) in [6.45, 7) is 8.46. The lowest BCUT2D eigenvalue weighted by Crippen LogP contribution is -2.30. The highest BCUT2D eigenvalue weighted by Crippen LogP contribution is 2.21. The van der Waals surface area contributed by atoms with Crippen LogP contribution in [0.2, 0.25) is 5.02 Å². The number of halogens is 1. The second-order valence-electron chi connectivity index (χ2n) is 7.40. The smallest absolute Gasteiger partial charge is 0.165 e. The van der Waals surface area contributed by atoms with E-state index in [-0.39, 0.29) is 5.54 Å². The molecule has 0 fully saturated rings. The number of hydrogen-bond donors (Lipinski definition) is 0. The minimum absolute atomic E-state index is 0.165. The van der Waals surface area contributed by atoms with E-state index in [0.29, 0.717) is 6.54 Å². The van der Waals surface area contributed by atoms with Gasteiger partial charge in [-0.15, -0.1) is 5.10 Å². The van der Waals surface area contributed by atoms with Crippen LogP contribution < -0.4 is 0 Å². The van der Waals surface area contributed by atoms with Crippen molar-refractivity contribution in [2.45, 2.75) is 45.9 Å². The maximum atomic E-state index is 6.38. The first-order valence-corrected chi connectivity index (χ1v) is 9.09. The van der Waals surface area contributed by atoms with Crippen molar-refractivity contribution in [3.8, 4) is 0 Å². The Morgan fingerprint density at radius 2 is 1.62 bits per heavy atom. The minimum Gasteiger partial charge on any atom is -0.287 e. The molecular weight excluding hydrogens is 346 g/mol. The lowest BCUT2D eigenvalue weighted by molar-refractivity contribution is 0.224. The van der Waals surface area contributed by atoms with Gasteiger partial charge in [-0.1, -0.05) is 60.1 Å². The Kier molecular flexibility index (Phi) is 5.69. The molecule has 0 atom stereocenters. The summed E-state index contributed by atoms with van der Waals surface area (Å²) >= 11 is 6.38. The molecule has 0 unspecified atom stereocenters. The third kappa shape index (κ3) is 4.68. The van der Waals surface area contributed by atoms with Gasteiger partial charge in [0.25, 0.3) is 0 Å². The Hall–Kier alpha value is -2.24. The van der Waals surface area contributed by atoms with Crippen molar-refractivity contribution < 1.29 is 0 Å². The van der Waals surface area contributed by atoms with Gasteiger partial charge in [-0.3, -0.25) is 4.90 Å². The average molecular weight is 370 g/mol. The molecule has 26 heavy (non-hydrogen) atoms. The van der Waals surface area contributed by atoms with Gasteiger partial charge in [0.15, 0.2) is 5.82 Å². The quantitative estimate of drug-likeness (QED) is 0.650. The van der Waals surface area contributed by atoms with Gasteiger partial charge in [-0.05, 0) is 48.4 Å². The Balaban J connectivity index is 1.86. The third-order valence-electron chi connectivity index (χ3n) is 4.14. The molecule has 1 aromatic heterocycles. The van der Waals surface area contributed by atoms with Crippen LogP contribution in [0.5, 0.6) is 0 Å². The van der Waals surface area contributed by atoms with Crippen LogP contribution in [0.1, 0.15) is 37.7 Å². The predicted octanol–water partition coefficient (Wildman–Crippen LogP) is 4.28. The van der Waals surface area contributed by atoms with Crippen LogP contribution in [-0.4, -0.2) is 25.1 Å².